The molecule has 0 unspecified atom stereocenters. The Kier molecular flexibility index (Phi) is 9.48. The van der Waals surface area contributed by atoms with Gasteiger partial charge in [-0.3, -0.25) is 0 Å². The van der Waals surface area contributed by atoms with E-state index >= 15 is 0 Å². The van der Waals surface area contributed by atoms with Gasteiger partial charge in [-0.05, 0) is 6.92 Å². The molecule has 0 aliphatic carbocycles. The van der Waals surface area contributed by atoms with Crippen molar-refractivity contribution >= 4 is 17.4 Å². The van der Waals surface area contributed by atoms with E-state index in [9.17, 15) is 0 Å². The normalized spacial score (nSPS) is 6.78. The third-order valence-corrected chi connectivity index (χ3v) is 0.940. The van der Waals surface area contributed by atoms with Gasteiger partial charge in [0.25, 0.3) is 0 Å². The van der Waals surface area contributed by atoms with Gasteiger partial charge < -0.3 is 1.43 Å². The molecule has 9 heavy (non-hydrogen) atoms. The third kappa shape index (κ3) is 5.21. The van der Waals surface area contributed by atoms with Gasteiger partial charge in [0, 0.05) is 1.43 Å². The molecule has 0 saturated carbocycles. The van der Waals surface area contributed by atoms with Crippen molar-refractivity contribution < 1.29 is 32.4 Å². The second-order valence-electron chi connectivity index (χ2n) is 1.65. The minimum absolute atomic E-state index is 0. The maximum atomic E-state index is 2.08. The Morgan fingerprint density at radius 3 is 1.89 bits per heavy atom. The van der Waals surface area contributed by atoms with E-state index in [1.165, 1.54) is 5.56 Å². The van der Waals surface area contributed by atoms with Crippen LogP contribution in [0.4, 0.5) is 0 Å². The Morgan fingerprint density at radius 1 is 1.22 bits per heavy atom. The molecule has 1 aromatic carbocycles. The summed E-state index contributed by atoms with van der Waals surface area (Å²) in [6.07, 6.45) is 0. The topological polar surface area (TPSA) is 0 Å². The van der Waals surface area contributed by atoms with Crippen LogP contribution in [-0.4, -0.2) is 17.4 Å². The van der Waals surface area contributed by atoms with Crippen LogP contribution < -0.4 is 29.6 Å². The molecule has 0 spiro atoms. The van der Waals surface area contributed by atoms with Gasteiger partial charge in [-0.15, -0.1) is 0 Å². The molecule has 0 aromatic heterocycles. The van der Waals surface area contributed by atoms with E-state index in [4.69, 9.17) is 0 Å². The first-order chi connectivity index (χ1) is 3.39. The standard InChI is InChI=1S/C7H8.Al.Na.H2.4H/c1-7-5-3-2-4-6-7;;;;;;;/h2-6H,1H3;;;1H;;;;/q;;+1;;;;;-1. The summed E-state index contributed by atoms with van der Waals surface area (Å²) in [6, 6.07) is 10.3. The number of benzene rings is 1. The molecule has 0 fully saturated rings. The first kappa shape index (κ1) is 12.4. The fourth-order valence-corrected chi connectivity index (χ4v) is 0.534. The largest absolute Gasteiger partial charge is 1.00 e. The zero-order chi connectivity index (χ0) is 5.11. The van der Waals surface area contributed by atoms with Crippen molar-refractivity contribution in [1.29, 1.82) is 0 Å². The van der Waals surface area contributed by atoms with E-state index in [0.717, 1.165) is 0 Å². The zero-order valence-corrected chi connectivity index (χ0v) is 7.39. The SMILES string of the molecule is Cc1ccccc1.[AlH3].[H-].[HH].[Na+]. The van der Waals surface area contributed by atoms with Gasteiger partial charge in [0.1, 0.15) is 0 Å². The predicted molar refractivity (Wildman–Crippen MR) is 44.3 cm³/mol. The van der Waals surface area contributed by atoms with E-state index in [1.807, 2.05) is 18.2 Å². The molecule has 0 N–H and O–H groups in total. The van der Waals surface area contributed by atoms with Crippen LogP contribution in [0, 0.1) is 6.92 Å². The Labute approximate surface area is 92.1 Å². The number of rotatable bonds is 0. The van der Waals surface area contributed by atoms with Gasteiger partial charge in [0.2, 0.25) is 0 Å². The number of aryl methyl sites for hydroxylation is 1. The summed E-state index contributed by atoms with van der Waals surface area (Å²) in [4.78, 5) is 0. The zero-order valence-electron chi connectivity index (χ0n) is 6.39. The third-order valence-electron chi connectivity index (χ3n) is 0.940. The minimum atomic E-state index is 0. The van der Waals surface area contributed by atoms with Crippen molar-refractivity contribution in [3.8, 4) is 0 Å². The van der Waals surface area contributed by atoms with Crippen molar-refractivity contribution in [2.45, 2.75) is 6.92 Å². The second-order valence-corrected chi connectivity index (χ2v) is 1.65. The average Bonchev–Trinajstić information content (AvgIpc) is 1.69. The van der Waals surface area contributed by atoms with Gasteiger partial charge >= 0.3 is 29.6 Å². The quantitative estimate of drug-likeness (QED) is 0.380. The molecule has 0 heterocycles. The molecular weight excluding hydrogens is 134 g/mol. The van der Waals surface area contributed by atoms with E-state index < -0.39 is 0 Å². The Morgan fingerprint density at radius 2 is 1.67 bits per heavy atom. The van der Waals surface area contributed by atoms with Crippen LogP contribution >= 0.6 is 0 Å². The summed E-state index contributed by atoms with van der Waals surface area (Å²) in [5.41, 5.74) is 1.32. The van der Waals surface area contributed by atoms with Gasteiger partial charge in [-0.1, -0.05) is 35.9 Å². The molecule has 0 saturated heterocycles. The van der Waals surface area contributed by atoms with Crippen LogP contribution in [-0.2, 0) is 0 Å². The molecule has 1 rings (SSSR count). The fourth-order valence-electron chi connectivity index (χ4n) is 0.534. The maximum absolute atomic E-state index is 2.08. The van der Waals surface area contributed by atoms with Crippen molar-refractivity contribution in [3.05, 3.63) is 35.9 Å². The van der Waals surface area contributed by atoms with Gasteiger partial charge in [-0.2, -0.15) is 0 Å². The van der Waals surface area contributed by atoms with Crippen LogP contribution in [0.2, 0.25) is 0 Å². The molecule has 0 aliphatic heterocycles. The van der Waals surface area contributed by atoms with E-state index in [0.29, 0.717) is 0 Å². The molecule has 0 atom stereocenters. The average molecular weight is 148 g/mol. The number of hydrogen-bond donors (Lipinski definition) is 0. The Balaban J connectivity index is -0.0000000612. The van der Waals surface area contributed by atoms with E-state index in [2.05, 4.69) is 19.1 Å². The van der Waals surface area contributed by atoms with Crippen LogP contribution in [0.1, 0.15) is 8.42 Å². The summed E-state index contributed by atoms with van der Waals surface area (Å²) in [7, 11) is 0. The summed E-state index contributed by atoms with van der Waals surface area (Å²) >= 11 is 0. The van der Waals surface area contributed by atoms with Crippen LogP contribution in [0.3, 0.4) is 0 Å². The summed E-state index contributed by atoms with van der Waals surface area (Å²) in [5, 5.41) is 0. The number of hydrogen-bond acceptors (Lipinski definition) is 0. The minimum Gasteiger partial charge on any atom is -1.00 e. The Hall–Kier alpha value is 0.752. The summed E-state index contributed by atoms with van der Waals surface area (Å²) in [6.45, 7) is 2.08. The molecule has 46 valence electrons. The van der Waals surface area contributed by atoms with E-state index in [-0.39, 0.29) is 49.8 Å². The molecule has 0 amide bonds. The summed E-state index contributed by atoms with van der Waals surface area (Å²) in [5.74, 6) is 0. The monoisotopic (exact) mass is 148 g/mol. The van der Waals surface area contributed by atoms with Gasteiger partial charge in [0.15, 0.2) is 17.4 Å². The van der Waals surface area contributed by atoms with Crippen LogP contribution in [0.15, 0.2) is 30.3 Å². The van der Waals surface area contributed by atoms with Crippen LogP contribution in [0.5, 0.6) is 0 Å². The Bertz CT molecular complexity index is 146. The molecule has 0 radical (unpaired) electrons. The fraction of sp³-hybridized carbons (Fsp3) is 0.143. The van der Waals surface area contributed by atoms with Crippen molar-refractivity contribution in [1.82, 2.24) is 0 Å². The molecular formula is C7H14AlNa. The first-order valence-corrected chi connectivity index (χ1v) is 2.41. The van der Waals surface area contributed by atoms with Gasteiger partial charge in [0.05, 0.1) is 0 Å². The predicted octanol–water partition coefficient (Wildman–Crippen LogP) is -1.83. The van der Waals surface area contributed by atoms with Crippen molar-refractivity contribution in [3.63, 3.8) is 0 Å². The van der Waals surface area contributed by atoms with E-state index in [1.54, 1.807) is 0 Å². The molecule has 0 aliphatic rings. The second kappa shape index (κ2) is 6.87. The molecule has 1 aromatic rings. The molecule has 2 heteroatoms. The molecule has 0 nitrogen and oxygen atoms in total. The maximum Gasteiger partial charge on any atom is 1.00 e. The molecule has 0 bridgehead atoms. The first-order valence-electron chi connectivity index (χ1n) is 2.41. The van der Waals surface area contributed by atoms with Gasteiger partial charge in [-0.25, -0.2) is 0 Å². The van der Waals surface area contributed by atoms with Crippen LogP contribution in [0.25, 0.3) is 0 Å². The van der Waals surface area contributed by atoms with Crippen molar-refractivity contribution in [2.24, 2.45) is 0 Å². The summed E-state index contributed by atoms with van der Waals surface area (Å²) < 4.78 is 0. The smallest absolute Gasteiger partial charge is 1.00 e. The van der Waals surface area contributed by atoms with Crippen molar-refractivity contribution in [2.75, 3.05) is 0 Å².